The smallest absolute Gasteiger partial charge is 0.107 e. The van der Waals surface area contributed by atoms with Crippen LogP contribution in [0.25, 0.3) is 0 Å². The lowest BCUT2D eigenvalue weighted by Gasteiger charge is -2.43. The van der Waals surface area contributed by atoms with Crippen molar-refractivity contribution in [3.05, 3.63) is 16.1 Å². The Labute approximate surface area is 115 Å². The number of hydrogen-bond acceptors (Lipinski definition) is 4. The molecule has 1 aliphatic heterocycles. The quantitative estimate of drug-likeness (QED) is 0.893. The summed E-state index contributed by atoms with van der Waals surface area (Å²) in [5, 5.41) is 4.92. The number of piperazine rings is 1. The highest BCUT2D eigenvalue weighted by molar-refractivity contribution is 7.11. The Kier molecular flexibility index (Phi) is 4.09. The lowest BCUT2D eigenvalue weighted by molar-refractivity contribution is 0.0876. The van der Waals surface area contributed by atoms with Gasteiger partial charge in [-0.25, -0.2) is 4.98 Å². The molecule has 0 spiro atoms. The normalized spacial score (nSPS) is 26.5. The molecule has 4 heteroatoms. The fourth-order valence-electron chi connectivity index (χ4n) is 2.37. The summed E-state index contributed by atoms with van der Waals surface area (Å²) >= 11 is 1.82. The topological polar surface area (TPSA) is 28.2 Å². The van der Waals surface area contributed by atoms with Crippen LogP contribution in [0.3, 0.4) is 0 Å². The van der Waals surface area contributed by atoms with E-state index in [0.29, 0.717) is 17.5 Å². The van der Waals surface area contributed by atoms with Gasteiger partial charge in [-0.1, -0.05) is 20.8 Å². The fraction of sp³-hybridized carbons (Fsp3) is 0.786. The molecule has 18 heavy (non-hydrogen) atoms. The van der Waals surface area contributed by atoms with Crippen LogP contribution in [0.1, 0.15) is 37.6 Å². The minimum absolute atomic E-state index is 0.317. The van der Waals surface area contributed by atoms with Crippen LogP contribution in [0.15, 0.2) is 6.20 Å². The molecule has 0 saturated carbocycles. The first kappa shape index (κ1) is 14.0. The maximum Gasteiger partial charge on any atom is 0.107 e. The van der Waals surface area contributed by atoms with Crippen molar-refractivity contribution in [2.75, 3.05) is 13.1 Å². The Balaban J connectivity index is 2.02. The van der Waals surface area contributed by atoms with Crippen LogP contribution < -0.4 is 5.32 Å². The molecule has 0 amide bonds. The highest BCUT2D eigenvalue weighted by Crippen LogP contribution is 2.25. The minimum Gasteiger partial charge on any atom is -0.311 e. The molecule has 2 heterocycles. The van der Waals surface area contributed by atoms with E-state index in [1.807, 2.05) is 17.5 Å². The third-order valence-electron chi connectivity index (χ3n) is 3.75. The van der Waals surface area contributed by atoms with Gasteiger partial charge in [0.2, 0.25) is 0 Å². The van der Waals surface area contributed by atoms with Crippen molar-refractivity contribution in [3.8, 4) is 0 Å². The first-order valence-corrected chi connectivity index (χ1v) is 7.56. The maximum absolute atomic E-state index is 4.49. The van der Waals surface area contributed by atoms with Crippen molar-refractivity contribution in [1.82, 2.24) is 15.2 Å². The Hall–Kier alpha value is -0.450. The van der Waals surface area contributed by atoms with Gasteiger partial charge in [-0.3, -0.25) is 4.90 Å². The molecular weight excluding hydrogens is 242 g/mol. The molecule has 2 atom stereocenters. The molecule has 1 aliphatic rings. The van der Waals surface area contributed by atoms with E-state index < -0.39 is 0 Å². The predicted octanol–water partition coefficient (Wildman–Crippen LogP) is 2.66. The summed E-state index contributed by atoms with van der Waals surface area (Å²) in [6, 6.07) is 1.16. The highest BCUT2D eigenvalue weighted by atomic mass is 32.1. The zero-order valence-corrected chi connectivity index (χ0v) is 13.0. The Bertz CT molecular complexity index is 394. The molecule has 1 aromatic rings. The standard InChI is InChI=1S/C14H25N3S/c1-10-6-15-12(14(3,4)5)8-17(10)9-13-16-7-11(2)18-13/h7,10,12,15H,6,8-9H2,1-5H3. The van der Waals surface area contributed by atoms with E-state index in [4.69, 9.17) is 0 Å². The van der Waals surface area contributed by atoms with E-state index in [2.05, 4.69) is 49.8 Å². The van der Waals surface area contributed by atoms with E-state index in [9.17, 15) is 0 Å². The molecule has 0 bridgehead atoms. The molecule has 1 N–H and O–H groups in total. The van der Waals surface area contributed by atoms with Gasteiger partial charge in [0.15, 0.2) is 0 Å². The summed E-state index contributed by atoms with van der Waals surface area (Å²) in [4.78, 5) is 8.35. The first-order chi connectivity index (χ1) is 8.36. The van der Waals surface area contributed by atoms with Crippen molar-refractivity contribution in [1.29, 1.82) is 0 Å². The Morgan fingerprint density at radius 3 is 2.78 bits per heavy atom. The summed E-state index contributed by atoms with van der Waals surface area (Å²) in [5.41, 5.74) is 0.317. The highest BCUT2D eigenvalue weighted by Gasteiger charge is 2.32. The van der Waals surface area contributed by atoms with Crippen molar-refractivity contribution in [2.24, 2.45) is 5.41 Å². The van der Waals surface area contributed by atoms with Gasteiger partial charge in [-0.2, -0.15) is 0 Å². The van der Waals surface area contributed by atoms with Crippen LogP contribution in [-0.4, -0.2) is 35.1 Å². The second-order valence-corrected chi connectivity index (χ2v) is 7.79. The first-order valence-electron chi connectivity index (χ1n) is 6.75. The number of aryl methyl sites for hydroxylation is 1. The molecular formula is C14H25N3S. The number of rotatable bonds is 2. The van der Waals surface area contributed by atoms with E-state index in [1.54, 1.807) is 0 Å². The molecule has 1 saturated heterocycles. The van der Waals surface area contributed by atoms with Crippen LogP contribution in [-0.2, 0) is 6.54 Å². The van der Waals surface area contributed by atoms with Gasteiger partial charge in [0.25, 0.3) is 0 Å². The van der Waals surface area contributed by atoms with E-state index in [0.717, 1.165) is 19.6 Å². The number of nitrogens with zero attached hydrogens (tertiary/aromatic N) is 2. The summed E-state index contributed by atoms with van der Waals surface area (Å²) < 4.78 is 0. The third-order valence-corrected chi connectivity index (χ3v) is 4.65. The van der Waals surface area contributed by atoms with Gasteiger partial charge in [0.1, 0.15) is 5.01 Å². The molecule has 0 aliphatic carbocycles. The predicted molar refractivity (Wildman–Crippen MR) is 78.0 cm³/mol. The van der Waals surface area contributed by atoms with Gasteiger partial charge in [-0.15, -0.1) is 11.3 Å². The van der Waals surface area contributed by atoms with Crippen molar-refractivity contribution in [3.63, 3.8) is 0 Å². The van der Waals surface area contributed by atoms with Crippen LogP contribution >= 0.6 is 11.3 Å². The van der Waals surface area contributed by atoms with Gasteiger partial charge >= 0.3 is 0 Å². The van der Waals surface area contributed by atoms with Crippen LogP contribution in [0, 0.1) is 12.3 Å². The largest absolute Gasteiger partial charge is 0.311 e. The molecule has 102 valence electrons. The van der Waals surface area contributed by atoms with E-state index in [1.165, 1.54) is 9.88 Å². The average Bonchev–Trinajstić information content (AvgIpc) is 2.66. The lowest BCUT2D eigenvalue weighted by atomic mass is 9.85. The minimum atomic E-state index is 0.317. The summed E-state index contributed by atoms with van der Waals surface area (Å²) in [6.07, 6.45) is 1.98. The average molecular weight is 267 g/mol. The number of aromatic nitrogens is 1. The van der Waals surface area contributed by atoms with Crippen molar-refractivity contribution < 1.29 is 0 Å². The number of hydrogen-bond donors (Lipinski definition) is 1. The second kappa shape index (κ2) is 5.27. The van der Waals surface area contributed by atoms with Crippen LogP contribution in [0.4, 0.5) is 0 Å². The maximum atomic E-state index is 4.49. The molecule has 2 rings (SSSR count). The zero-order valence-electron chi connectivity index (χ0n) is 12.2. The Morgan fingerprint density at radius 2 is 2.22 bits per heavy atom. The van der Waals surface area contributed by atoms with Crippen molar-refractivity contribution >= 4 is 11.3 Å². The van der Waals surface area contributed by atoms with E-state index in [-0.39, 0.29) is 0 Å². The van der Waals surface area contributed by atoms with Gasteiger partial charge in [-0.05, 0) is 19.3 Å². The van der Waals surface area contributed by atoms with Crippen LogP contribution in [0.5, 0.6) is 0 Å². The van der Waals surface area contributed by atoms with Crippen molar-refractivity contribution in [2.45, 2.75) is 53.2 Å². The Morgan fingerprint density at radius 1 is 1.50 bits per heavy atom. The summed E-state index contributed by atoms with van der Waals surface area (Å²) in [7, 11) is 0. The zero-order chi connectivity index (χ0) is 13.3. The monoisotopic (exact) mass is 267 g/mol. The van der Waals surface area contributed by atoms with Gasteiger partial charge < -0.3 is 5.32 Å². The molecule has 1 fully saturated rings. The lowest BCUT2D eigenvalue weighted by Crippen LogP contribution is -2.59. The number of thiazole rings is 1. The fourth-order valence-corrected chi connectivity index (χ4v) is 3.18. The summed E-state index contributed by atoms with van der Waals surface area (Å²) in [5.74, 6) is 0. The number of nitrogens with one attached hydrogen (secondary N) is 1. The molecule has 0 aromatic carbocycles. The third kappa shape index (κ3) is 3.31. The summed E-state index contributed by atoms with van der Waals surface area (Å²) in [6.45, 7) is 14.5. The molecule has 3 nitrogen and oxygen atoms in total. The molecule has 1 aromatic heterocycles. The molecule has 2 unspecified atom stereocenters. The van der Waals surface area contributed by atoms with E-state index >= 15 is 0 Å². The van der Waals surface area contributed by atoms with Crippen LogP contribution in [0.2, 0.25) is 0 Å². The second-order valence-electron chi connectivity index (χ2n) is 6.47. The SMILES string of the molecule is Cc1cnc(CN2CC(C(C)(C)C)NCC2C)s1. The van der Waals surface area contributed by atoms with Gasteiger partial charge in [0.05, 0.1) is 6.54 Å². The van der Waals surface area contributed by atoms with Gasteiger partial charge in [0, 0.05) is 36.2 Å². The molecule has 0 radical (unpaired) electrons.